The average molecular weight is 367 g/mol. The lowest BCUT2D eigenvalue weighted by atomic mass is 9.82. The second-order valence-electron chi connectivity index (χ2n) is 7.31. The number of hydrogen-bond acceptors (Lipinski definition) is 4. The first-order valence-electron chi connectivity index (χ1n) is 9.82. The lowest BCUT2D eigenvalue weighted by Gasteiger charge is -2.34. The maximum Gasteiger partial charge on any atom is 0.325 e. The van der Waals surface area contributed by atoms with Crippen molar-refractivity contribution in [2.75, 3.05) is 7.11 Å². The van der Waals surface area contributed by atoms with Crippen molar-refractivity contribution in [3.8, 4) is 0 Å². The van der Waals surface area contributed by atoms with E-state index in [1.807, 2.05) is 60.7 Å². The molecule has 3 rings (SSSR count). The fourth-order valence-electron chi connectivity index (χ4n) is 4.04. The van der Waals surface area contributed by atoms with Crippen LogP contribution in [0.25, 0.3) is 0 Å². The van der Waals surface area contributed by atoms with Gasteiger partial charge in [-0.1, -0.05) is 79.9 Å². The predicted octanol–water partition coefficient (Wildman–Crippen LogP) is 3.85. The lowest BCUT2D eigenvalue weighted by Crippen LogP contribution is -2.51. The second kappa shape index (κ2) is 9.67. The van der Waals surface area contributed by atoms with Crippen molar-refractivity contribution in [1.82, 2.24) is 5.32 Å². The molecule has 1 saturated carbocycles. The standard InChI is InChI=1S/C23H29NO3/c1-27-23(26)21(22(25)19-15-9-4-10-16-19)24-20(17-11-5-2-6-12-17)18-13-7-3-8-14-18/h2-3,5-8,11-14,19-22,24-25H,4,9-10,15-16H2,1H3/t21-,22+/m0/s1. The van der Waals surface area contributed by atoms with Crippen LogP contribution in [-0.4, -0.2) is 30.3 Å². The molecule has 2 atom stereocenters. The fraction of sp³-hybridized carbons (Fsp3) is 0.435. The maximum absolute atomic E-state index is 12.5. The molecule has 0 amide bonds. The Morgan fingerprint density at radius 1 is 0.963 bits per heavy atom. The molecule has 0 bridgehead atoms. The minimum Gasteiger partial charge on any atom is -0.468 e. The van der Waals surface area contributed by atoms with Gasteiger partial charge in [0.15, 0.2) is 0 Å². The molecular weight excluding hydrogens is 338 g/mol. The van der Waals surface area contributed by atoms with E-state index in [2.05, 4.69) is 5.32 Å². The Kier molecular flexibility index (Phi) is 7.02. The second-order valence-corrected chi connectivity index (χ2v) is 7.31. The molecule has 2 aromatic carbocycles. The third kappa shape index (κ3) is 4.96. The van der Waals surface area contributed by atoms with E-state index in [0.717, 1.165) is 36.8 Å². The van der Waals surface area contributed by atoms with E-state index in [1.54, 1.807) is 0 Å². The Morgan fingerprint density at radius 3 is 1.96 bits per heavy atom. The molecule has 144 valence electrons. The maximum atomic E-state index is 12.5. The molecule has 0 aromatic heterocycles. The highest BCUT2D eigenvalue weighted by atomic mass is 16.5. The van der Waals surface area contributed by atoms with Gasteiger partial charge >= 0.3 is 5.97 Å². The van der Waals surface area contributed by atoms with Gasteiger partial charge < -0.3 is 9.84 Å². The first kappa shape index (κ1) is 19.6. The van der Waals surface area contributed by atoms with Crippen LogP contribution in [0.1, 0.15) is 49.3 Å². The zero-order valence-electron chi connectivity index (χ0n) is 15.9. The molecule has 0 heterocycles. The van der Waals surface area contributed by atoms with Gasteiger partial charge in [0.1, 0.15) is 6.04 Å². The van der Waals surface area contributed by atoms with Crippen LogP contribution in [0, 0.1) is 5.92 Å². The average Bonchev–Trinajstić information content (AvgIpc) is 2.75. The number of methoxy groups -OCH3 is 1. The number of esters is 1. The smallest absolute Gasteiger partial charge is 0.325 e. The van der Waals surface area contributed by atoms with Gasteiger partial charge in [0, 0.05) is 0 Å². The van der Waals surface area contributed by atoms with E-state index in [1.165, 1.54) is 13.5 Å². The monoisotopic (exact) mass is 367 g/mol. The third-order valence-corrected chi connectivity index (χ3v) is 5.54. The van der Waals surface area contributed by atoms with E-state index in [9.17, 15) is 9.90 Å². The van der Waals surface area contributed by atoms with Gasteiger partial charge in [-0.15, -0.1) is 0 Å². The van der Waals surface area contributed by atoms with Gasteiger partial charge in [-0.25, -0.2) is 0 Å². The Labute approximate surface area is 161 Å². The zero-order chi connectivity index (χ0) is 19.1. The quantitative estimate of drug-likeness (QED) is 0.730. The normalized spacial score (nSPS) is 17.4. The molecule has 1 fully saturated rings. The molecule has 0 radical (unpaired) electrons. The van der Waals surface area contributed by atoms with E-state index in [0.29, 0.717) is 0 Å². The topological polar surface area (TPSA) is 58.6 Å². The van der Waals surface area contributed by atoms with Gasteiger partial charge in [-0.3, -0.25) is 10.1 Å². The summed E-state index contributed by atoms with van der Waals surface area (Å²) in [6, 6.07) is 19.1. The molecule has 2 aromatic rings. The van der Waals surface area contributed by atoms with Gasteiger partial charge in [0.2, 0.25) is 0 Å². The Balaban J connectivity index is 1.89. The third-order valence-electron chi connectivity index (χ3n) is 5.54. The van der Waals surface area contributed by atoms with Crippen molar-refractivity contribution < 1.29 is 14.6 Å². The van der Waals surface area contributed by atoms with Crippen molar-refractivity contribution in [3.63, 3.8) is 0 Å². The Morgan fingerprint density at radius 2 is 1.48 bits per heavy atom. The SMILES string of the molecule is COC(=O)[C@@H](NC(c1ccccc1)c1ccccc1)[C@H](O)C1CCCCC1. The summed E-state index contributed by atoms with van der Waals surface area (Å²) in [5.41, 5.74) is 2.10. The molecule has 0 saturated heterocycles. The summed E-state index contributed by atoms with van der Waals surface area (Å²) >= 11 is 0. The summed E-state index contributed by atoms with van der Waals surface area (Å²) in [4.78, 5) is 12.5. The number of aliphatic hydroxyl groups is 1. The van der Waals surface area contributed by atoms with Crippen LogP contribution in [0.15, 0.2) is 60.7 Å². The van der Waals surface area contributed by atoms with Crippen LogP contribution < -0.4 is 5.32 Å². The van der Waals surface area contributed by atoms with Gasteiger partial charge in [0.25, 0.3) is 0 Å². The Bertz CT molecular complexity index is 659. The molecule has 2 N–H and O–H groups in total. The van der Waals surface area contributed by atoms with Crippen LogP contribution in [0.5, 0.6) is 0 Å². The highest BCUT2D eigenvalue weighted by molar-refractivity contribution is 5.76. The summed E-state index contributed by atoms with van der Waals surface area (Å²) in [7, 11) is 1.38. The fourth-order valence-corrected chi connectivity index (χ4v) is 4.04. The summed E-state index contributed by atoms with van der Waals surface area (Å²) in [6.07, 6.45) is 4.57. The predicted molar refractivity (Wildman–Crippen MR) is 106 cm³/mol. The lowest BCUT2D eigenvalue weighted by molar-refractivity contribution is -0.148. The van der Waals surface area contributed by atoms with Crippen molar-refractivity contribution in [3.05, 3.63) is 71.8 Å². The largest absolute Gasteiger partial charge is 0.468 e. The molecule has 4 heteroatoms. The highest BCUT2D eigenvalue weighted by Gasteiger charge is 2.36. The number of ether oxygens (including phenoxy) is 1. The van der Waals surface area contributed by atoms with Crippen LogP contribution in [0.3, 0.4) is 0 Å². The number of rotatable bonds is 7. The van der Waals surface area contributed by atoms with Gasteiger partial charge in [-0.05, 0) is 29.9 Å². The molecule has 1 aliphatic carbocycles. The van der Waals surface area contributed by atoms with Crippen LogP contribution in [0.4, 0.5) is 0 Å². The first-order valence-corrected chi connectivity index (χ1v) is 9.82. The summed E-state index contributed by atoms with van der Waals surface area (Å²) in [5, 5.41) is 14.4. The summed E-state index contributed by atoms with van der Waals surface area (Å²) in [6.45, 7) is 0. The molecule has 0 aliphatic heterocycles. The van der Waals surface area contributed by atoms with Crippen molar-refractivity contribution in [2.24, 2.45) is 5.92 Å². The number of nitrogens with one attached hydrogen (secondary N) is 1. The first-order chi connectivity index (χ1) is 13.2. The molecule has 4 nitrogen and oxygen atoms in total. The van der Waals surface area contributed by atoms with Crippen LogP contribution in [0.2, 0.25) is 0 Å². The van der Waals surface area contributed by atoms with E-state index >= 15 is 0 Å². The van der Waals surface area contributed by atoms with Crippen LogP contribution in [-0.2, 0) is 9.53 Å². The van der Waals surface area contributed by atoms with Gasteiger partial charge in [0.05, 0.1) is 19.3 Å². The van der Waals surface area contributed by atoms with Gasteiger partial charge in [-0.2, -0.15) is 0 Å². The van der Waals surface area contributed by atoms with Crippen molar-refractivity contribution in [1.29, 1.82) is 0 Å². The number of benzene rings is 2. The van der Waals surface area contributed by atoms with Crippen LogP contribution >= 0.6 is 0 Å². The molecule has 27 heavy (non-hydrogen) atoms. The summed E-state index contributed by atoms with van der Waals surface area (Å²) < 4.78 is 5.04. The number of hydrogen-bond donors (Lipinski definition) is 2. The zero-order valence-corrected chi connectivity index (χ0v) is 15.9. The van der Waals surface area contributed by atoms with Crippen molar-refractivity contribution in [2.45, 2.75) is 50.3 Å². The van der Waals surface area contributed by atoms with E-state index in [-0.39, 0.29) is 12.0 Å². The number of carbonyl (C=O) groups excluding carboxylic acids is 1. The minimum atomic E-state index is -0.761. The molecule has 0 spiro atoms. The number of aliphatic hydroxyl groups excluding tert-OH is 1. The minimum absolute atomic E-state index is 0.127. The van der Waals surface area contributed by atoms with E-state index in [4.69, 9.17) is 4.74 Å². The van der Waals surface area contributed by atoms with Crippen molar-refractivity contribution >= 4 is 5.97 Å². The molecular formula is C23H29NO3. The molecule has 0 unspecified atom stereocenters. The highest BCUT2D eigenvalue weighted by Crippen LogP contribution is 2.30. The number of carbonyl (C=O) groups is 1. The van der Waals surface area contributed by atoms with E-state index < -0.39 is 18.1 Å². The Hall–Kier alpha value is -2.17. The summed E-state index contributed by atoms with van der Waals surface area (Å²) in [5.74, 6) is -0.285. The molecule has 1 aliphatic rings.